The molecule has 37 heavy (non-hydrogen) atoms. The van der Waals surface area contributed by atoms with Crippen molar-refractivity contribution in [3.8, 4) is 17.2 Å². The number of esters is 1. The molecule has 1 aromatic heterocycles. The van der Waals surface area contributed by atoms with Crippen LogP contribution in [-0.2, 0) is 19.1 Å². The third-order valence-corrected chi connectivity index (χ3v) is 11.2. The molecule has 2 N–H and O–H groups in total. The van der Waals surface area contributed by atoms with E-state index in [4.69, 9.17) is 26.4 Å². The first-order valence-electron chi connectivity index (χ1n) is 12.1. The van der Waals surface area contributed by atoms with Gasteiger partial charge in [0.25, 0.3) is 0 Å². The van der Waals surface area contributed by atoms with Crippen LogP contribution in [-0.4, -0.2) is 65.4 Å². The molecule has 1 saturated heterocycles. The molecule has 2 aliphatic heterocycles. The standard InChI is InChI=1S/C25H26N2O7S3/c1-4-34-14(28)8-27-23(30)17-10-7-11(18(17)24(27)31)20-16(10)15(21-22(36-20)26-25(35)37-21)9-5-12(32-2)19(29)13(6-9)33-3/h5-6,10-11,15-18,20,29H,4,7-8H2,1-3H3,(H,26,35). The fourth-order valence-electron chi connectivity index (χ4n) is 7.04. The molecular weight excluding hydrogens is 536 g/mol. The average molecular weight is 563 g/mol. The number of aromatic nitrogens is 1. The van der Waals surface area contributed by atoms with Crippen LogP contribution < -0.4 is 9.47 Å². The number of thiazole rings is 1. The van der Waals surface area contributed by atoms with Crippen molar-refractivity contribution < 1.29 is 33.7 Å². The lowest BCUT2D eigenvalue weighted by atomic mass is 9.68. The number of rotatable bonds is 6. The Morgan fingerprint density at radius 3 is 2.43 bits per heavy atom. The van der Waals surface area contributed by atoms with Gasteiger partial charge < -0.3 is 24.3 Å². The number of hydrogen-bond donors (Lipinski definition) is 2. The first kappa shape index (κ1) is 24.7. The Bertz CT molecular complexity index is 1350. The van der Waals surface area contributed by atoms with Crippen LogP contribution in [0.1, 0.15) is 29.7 Å². The molecule has 7 atom stereocenters. The van der Waals surface area contributed by atoms with Crippen molar-refractivity contribution in [3.05, 3.63) is 26.5 Å². The van der Waals surface area contributed by atoms with Crippen LogP contribution in [0, 0.1) is 33.5 Å². The zero-order chi connectivity index (χ0) is 26.2. The lowest BCUT2D eigenvalue weighted by Crippen LogP contribution is -2.42. The number of hydrogen-bond acceptors (Lipinski definition) is 10. The maximum Gasteiger partial charge on any atom is 0.326 e. The smallest absolute Gasteiger partial charge is 0.326 e. The second-order valence-corrected chi connectivity index (χ2v) is 12.7. The summed E-state index contributed by atoms with van der Waals surface area (Å²) < 4.78 is 16.6. The van der Waals surface area contributed by atoms with Gasteiger partial charge in [0.15, 0.2) is 15.5 Å². The lowest BCUT2D eigenvalue weighted by Gasteiger charge is -2.43. The maximum atomic E-state index is 13.5. The summed E-state index contributed by atoms with van der Waals surface area (Å²) in [5, 5.41) is 11.6. The van der Waals surface area contributed by atoms with E-state index < -0.39 is 17.8 Å². The highest BCUT2D eigenvalue weighted by atomic mass is 32.2. The SMILES string of the molecule is CCOC(=O)CN1C(=O)C2C3CC(C2C1=O)C1C(c2cc(OC)c(O)c(OC)c2)c2sc(=S)[nH]c2SC31. The van der Waals surface area contributed by atoms with Gasteiger partial charge in [0.1, 0.15) is 6.54 Å². The Labute approximate surface area is 226 Å². The number of fused-ring (bicyclic) bond motifs is 9. The van der Waals surface area contributed by atoms with Gasteiger partial charge in [-0.1, -0.05) is 0 Å². The third kappa shape index (κ3) is 3.55. The van der Waals surface area contributed by atoms with Gasteiger partial charge in [-0.2, -0.15) is 0 Å². The van der Waals surface area contributed by atoms with Crippen molar-refractivity contribution in [1.29, 1.82) is 0 Å². The highest BCUT2D eigenvalue weighted by molar-refractivity contribution is 8.00. The number of amides is 2. The minimum atomic E-state index is -0.570. The molecule has 2 aliphatic carbocycles. The molecule has 2 amide bonds. The summed E-state index contributed by atoms with van der Waals surface area (Å²) in [6, 6.07) is 3.64. The predicted octanol–water partition coefficient (Wildman–Crippen LogP) is 3.56. The fourth-order valence-corrected chi connectivity index (χ4v) is 10.4. The van der Waals surface area contributed by atoms with Crippen molar-refractivity contribution in [2.24, 2.45) is 29.6 Å². The van der Waals surface area contributed by atoms with E-state index in [2.05, 4.69) is 4.98 Å². The summed E-state index contributed by atoms with van der Waals surface area (Å²) in [5.74, 6) is -1.53. The lowest BCUT2D eigenvalue weighted by molar-refractivity contribution is -0.153. The van der Waals surface area contributed by atoms with Gasteiger partial charge in [0, 0.05) is 16.0 Å². The second kappa shape index (κ2) is 9.02. The quantitative estimate of drug-likeness (QED) is 0.310. The number of likely N-dealkylation sites (tertiary alicyclic amines) is 1. The van der Waals surface area contributed by atoms with Crippen molar-refractivity contribution in [1.82, 2.24) is 9.88 Å². The molecule has 2 saturated carbocycles. The minimum absolute atomic E-state index is 0.00655. The summed E-state index contributed by atoms with van der Waals surface area (Å²) in [4.78, 5) is 44.6. The van der Waals surface area contributed by atoms with Gasteiger partial charge in [0.05, 0.1) is 37.7 Å². The summed E-state index contributed by atoms with van der Waals surface area (Å²) >= 11 is 8.73. The zero-order valence-electron chi connectivity index (χ0n) is 20.4. The number of aromatic hydroxyl groups is 1. The predicted molar refractivity (Wildman–Crippen MR) is 138 cm³/mol. The first-order chi connectivity index (χ1) is 17.8. The van der Waals surface area contributed by atoms with Crippen LogP contribution >= 0.6 is 35.3 Å². The van der Waals surface area contributed by atoms with Gasteiger partial charge in [-0.15, -0.1) is 23.1 Å². The molecule has 2 aromatic rings. The number of nitrogens with one attached hydrogen (secondary N) is 1. The van der Waals surface area contributed by atoms with E-state index in [1.165, 1.54) is 25.6 Å². The van der Waals surface area contributed by atoms with E-state index in [1.54, 1.807) is 18.7 Å². The van der Waals surface area contributed by atoms with Crippen LogP contribution in [0.3, 0.4) is 0 Å². The highest BCUT2D eigenvalue weighted by Crippen LogP contribution is 2.69. The summed E-state index contributed by atoms with van der Waals surface area (Å²) in [7, 11) is 2.99. The number of imide groups is 1. The molecule has 196 valence electrons. The zero-order valence-corrected chi connectivity index (χ0v) is 22.8. The largest absolute Gasteiger partial charge is 0.502 e. The number of carbonyl (C=O) groups is 3. The highest BCUT2D eigenvalue weighted by Gasteiger charge is 2.69. The Kier molecular flexibility index (Phi) is 6.03. The number of benzene rings is 1. The number of phenolic OH excluding ortho intramolecular Hbond substituents is 1. The van der Waals surface area contributed by atoms with Crippen molar-refractivity contribution in [2.45, 2.75) is 29.5 Å². The molecule has 3 heterocycles. The Morgan fingerprint density at radius 2 is 1.81 bits per heavy atom. The maximum absolute atomic E-state index is 13.5. The first-order valence-corrected chi connectivity index (χ1v) is 14.2. The van der Waals surface area contributed by atoms with Crippen LogP contribution in [0.4, 0.5) is 0 Å². The van der Waals surface area contributed by atoms with E-state index in [0.717, 1.165) is 26.8 Å². The molecular formula is C25H26N2O7S3. The van der Waals surface area contributed by atoms with Gasteiger partial charge in [0.2, 0.25) is 17.6 Å². The molecule has 12 heteroatoms. The average Bonchev–Trinajstić information content (AvgIpc) is 3.60. The van der Waals surface area contributed by atoms with E-state index >= 15 is 0 Å². The number of carbonyl (C=O) groups excluding carboxylic acids is 3. The molecule has 0 radical (unpaired) electrons. The van der Waals surface area contributed by atoms with Gasteiger partial charge in [-0.25, -0.2) is 0 Å². The van der Waals surface area contributed by atoms with Crippen molar-refractivity contribution >= 4 is 53.1 Å². The molecule has 4 aliphatic rings. The topological polar surface area (TPSA) is 118 Å². The number of aromatic amines is 1. The van der Waals surface area contributed by atoms with E-state index in [1.807, 2.05) is 12.1 Å². The van der Waals surface area contributed by atoms with Crippen LogP contribution in [0.25, 0.3) is 0 Å². The van der Waals surface area contributed by atoms with Crippen LogP contribution in [0.15, 0.2) is 17.2 Å². The summed E-state index contributed by atoms with van der Waals surface area (Å²) in [6.07, 6.45) is 0.779. The van der Waals surface area contributed by atoms with Crippen LogP contribution in [0.5, 0.6) is 17.2 Å². The number of thioether (sulfide) groups is 1. The molecule has 0 spiro atoms. The van der Waals surface area contributed by atoms with Gasteiger partial charge >= 0.3 is 5.97 Å². The number of phenols is 1. The molecule has 2 bridgehead atoms. The van der Waals surface area contributed by atoms with E-state index in [-0.39, 0.29) is 59.6 Å². The Balaban J connectivity index is 1.43. The summed E-state index contributed by atoms with van der Waals surface area (Å²) in [5.41, 5.74) is 0.901. The Hall–Kier alpha value is -2.57. The van der Waals surface area contributed by atoms with Crippen molar-refractivity contribution in [3.63, 3.8) is 0 Å². The van der Waals surface area contributed by atoms with Gasteiger partial charge in [-0.3, -0.25) is 19.3 Å². The monoisotopic (exact) mass is 562 g/mol. The molecule has 1 aromatic carbocycles. The molecule has 3 fully saturated rings. The van der Waals surface area contributed by atoms with Crippen LogP contribution in [0.2, 0.25) is 0 Å². The second-order valence-electron chi connectivity index (χ2n) is 9.80. The molecule has 9 nitrogen and oxygen atoms in total. The van der Waals surface area contributed by atoms with Gasteiger partial charge in [-0.05, 0) is 61.0 Å². The Morgan fingerprint density at radius 1 is 1.16 bits per heavy atom. The number of H-pyrrole nitrogens is 1. The molecule has 6 rings (SSSR count). The van der Waals surface area contributed by atoms with Crippen molar-refractivity contribution in [2.75, 3.05) is 27.4 Å². The summed E-state index contributed by atoms with van der Waals surface area (Å²) in [6.45, 7) is 1.55. The van der Waals surface area contributed by atoms with E-state index in [0.29, 0.717) is 15.5 Å². The van der Waals surface area contributed by atoms with E-state index in [9.17, 15) is 19.5 Å². The minimum Gasteiger partial charge on any atom is -0.502 e. The number of ether oxygens (including phenoxy) is 3. The third-order valence-electron chi connectivity index (χ3n) is 8.27. The number of methoxy groups -OCH3 is 2. The molecule has 7 unspecified atom stereocenters. The fraction of sp³-hybridized carbons (Fsp3) is 0.520. The number of nitrogens with zero attached hydrogens (tertiary/aromatic N) is 1. The normalized spacial score (nSPS) is 31.2.